The SMILES string of the molecule is Nc1c(C(F)(F)F)cc(CC(OC(=O)N2CCC(n3c(=O)[nH]c4c5ccccc5ncc43)CC2)C(=O)N2CCC(N3CCCC3)CC2)cc1C(F)(F)F. The maximum absolute atomic E-state index is 13.9. The molecule has 3 saturated heterocycles. The summed E-state index contributed by atoms with van der Waals surface area (Å²) in [7, 11) is 0. The number of imidazole rings is 1. The first-order valence-electron chi connectivity index (χ1n) is 17.7. The zero-order valence-corrected chi connectivity index (χ0v) is 28.7. The fourth-order valence-electron chi connectivity index (χ4n) is 8.04. The minimum atomic E-state index is -5.21. The Morgan fingerprint density at radius 2 is 1.45 bits per heavy atom. The Bertz CT molecular complexity index is 2020. The second-order valence-electron chi connectivity index (χ2n) is 14.0. The number of hydrogen-bond acceptors (Lipinski definition) is 7. The Morgan fingerprint density at radius 1 is 0.868 bits per heavy atom. The van der Waals surface area contributed by atoms with Gasteiger partial charge in [-0.25, -0.2) is 9.59 Å². The highest BCUT2D eigenvalue weighted by Gasteiger charge is 2.42. The summed E-state index contributed by atoms with van der Waals surface area (Å²) in [5.41, 5.74) is 1.61. The third kappa shape index (κ3) is 7.39. The van der Waals surface area contributed by atoms with E-state index in [1.807, 2.05) is 24.3 Å². The molecule has 4 aromatic rings. The molecule has 1 atom stereocenters. The van der Waals surface area contributed by atoms with Gasteiger partial charge in [0.05, 0.1) is 39.6 Å². The molecule has 2 amide bonds. The van der Waals surface area contributed by atoms with Crippen molar-refractivity contribution in [1.29, 1.82) is 0 Å². The Balaban J connectivity index is 1.10. The van der Waals surface area contributed by atoms with Gasteiger partial charge in [0.25, 0.3) is 5.91 Å². The Labute approximate surface area is 299 Å². The number of carbonyl (C=O) groups is 2. The summed E-state index contributed by atoms with van der Waals surface area (Å²) in [5, 5.41) is 0.781. The number of piperidine rings is 2. The van der Waals surface area contributed by atoms with E-state index in [0.717, 1.165) is 31.3 Å². The van der Waals surface area contributed by atoms with E-state index in [1.54, 1.807) is 10.8 Å². The maximum atomic E-state index is 13.9. The van der Waals surface area contributed by atoms with Crippen molar-refractivity contribution < 1.29 is 40.7 Å². The van der Waals surface area contributed by atoms with Gasteiger partial charge in [0.15, 0.2) is 6.10 Å². The number of nitrogens with one attached hydrogen (secondary N) is 1. The average Bonchev–Trinajstić information content (AvgIpc) is 3.79. The highest BCUT2D eigenvalue weighted by atomic mass is 19.4. The number of aromatic amines is 1. The van der Waals surface area contributed by atoms with Crippen molar-refractivity contribution in [3.63, 3.8) is 0 Å². The number of ether oxygens (including phenoxy) is 1. The van der Waals surface area contributed by atoms with Crippen LogP contribution in [0.1, 0.15) is 61.3 Å². The van der Waals surface area contributed by atoms with E-state index in [-0.39, 0.29) is 30.9 Å². The molecule has 5 heterocycles. The molecule has 0 spiro atoms. The van der Waals surface area contributed by atoms with Crippen LogP contribution in [0.5, 0.6) is 0 Å². The number of fused-ring (bicyclic) bond motifs is 3. The van der Waals surface area contributed by atoms with Crippen LogP contribution in [0.15, 0.2) is 47.4 Å². The van der Waals surface area contributed by atoms with Gasteiger partial charge in [-0.1, -0.05) is 18.2 Å². The Morgan fingerprint density at radius 3 is 2.08 bits per heavy atom. The highest BCUT2D eigenvalue weighted by Crippen LogP contribution is 2.42. The number of alkyl halides is 6. The van der Waals surface area contributed by atoms with Gasteiger partial charge in [-0.2, -0.15) is 26.3 Å². The lowest BCUT2D eigenvalue weighted by Crippen LogP contribution is -2.51. The molecule has 0 radical (unpaired) electrons. The highest BCUT2D eigenvalue weighted by molar-refractivity contribution is 6.01. The number of halogens is 6. The lowest BCUT2D eigenvalue weighted by atomic mass is 9.97. The van der Waals surface area contributed by atoms with Crippen LogP contribution >= 0.6 is 0 Å². The van der Waals surface area contributed by atoms with E-state index in [1.165, 1.54) is 9.80 Å². The number of likely N-dealkylation sites (tertiary alicyclic amines) is 3. The van der Waals surface area contributed by atoms with Crippen molar-refractivity contribution in [3.05, 3.63) is 69.8 Å². The number of nitrogens with zero attached hydrogens (tertiary/aromatic N) is 5. The number of nitrogens with two attached hydrogens (primary N) is 1. The van der Waals surface area contributed by atoms with Gasteiger partial charge < -0.3 is 30.2 Å². The standard InChI is InChI=1S/C36H39F6N7O4/c37-35(38,39)25-17-21(18-26(30(25)43)36(40,41)42)19-29(32(50)47-13-7-22(8-14-47)46-11-3-4-12-46)53-34(52)48-15-9-23(10-16-48)49-28-20-44-27-6-2-1-5-24(27)31(28)45-33(49)51/h1-2,5-6,17-18,20,22-23,29H,3-4,7-16,19,43H2,(H,45,51). The van der Waals surface area contributed by atoms with Gasteiger partial charge in [-0.3, -0.25) is 14.3 Å². The van der Waals surface area contributed by atoms with Crippen LogP contribution in [0.25, 0.3) is 21.9 Å². The van der Waals surface area contributed by atoms with Gasteiger partial charge in [0.2, 0.25) is 0 Å². The smallest absolute Gasteiger partial charge is 0.418 e. The minimum absolute atomic E-state index is 0.115. The van der Waals surface area contributed by atoms with Crippen LogP contribution in [0.3, 0.4) is 0 Å². The van der Waals surface area contributed by atoms with Crippen molar-refractivity contribution in [2.24, 2.45) is 0 Å². The molecule has 0 saturated carbocycles. The molecule has 3 aliphatic heterocycles. The first-order valence-corrected chi connectivity index (χ1v) is 17.7. The number of rotatable bonds is 6. The van der Waals surface area contributed by atoms with Crippen LogP contribution in [0.4, 0.5) is 36.8 Å². The molecule has 0 aliphatic carbocycles. The second-order valence-corrected chi connectivity index (χ2v) is 14.0. The molecule has 3 aliphatic rings. The molecule has 17 heteroatoms. The predicted molar refractivity (Wildman–Crippen MR) is 183 cm³/mol. The number of hydrogen-bond donors (Lipinski definition) is 2. The number of H-pyrrole nitrogens is 1. The lowest BCUT2D eigenvalue weighted by Gasteiger charge is -2.38. The van der Waals surface area contributed by atoms with E-state index in [9.17, 15) is 40.7 Å². The van der Waals surface area contributed by atoms with Crippen molar-refractivity contribution in [2.45, 2.75) is 75.5 Å². The molecule has 11 nitrogen and oxygen atoms in total. The van der Waals surface area contributed by atoms with Gasteiger partial charge in [-0.15, -0.1) is 0 Å². The number of amides is 2. The van der Waals surface area contributed by atoms with Crippen molar-refractivity contribution in [1.82, 2.24) is 29.2 Å². The summed E-state index contributed by atoms with van der Waals surface area (Å²) >= 11 is 0. The quantitative estimate of drug-likeness (QED) is 0.184. The molecule has 284 valence electrons. The number of para-hydroxylation sites is 1. The van der Waals surface area contributed by atoms with Crippen LogP contribution < -0.4 is 11.4 Å². The predicted octanol–water partition coefficient (Wildman–Crippen LogP) is 5.97. The number of nitrogen functional groups attached to an aromatic ring is 1. The van der Waals surface area contributed by atoms with Gasteiger partial charge in [-0.05, 0) is 75.4 Å². The fourth-order valence-corrected chi connectivity index (χ4v) is 8.04. The van der Waals surface area contributed by atoms with Crippen LogP contribution in [0.2, 0.25) is 0 Å². The fraction of sp³-hybridized carbons (Fsp3) is 0.500. The zero-order chi connectivity index (χ0) is 37.7. The monoisotopic (exact) mass is 747 g/mol. The van der Waals surface area contributed by atoms with Crippen LogP contribution in [0, 0.1) is 0 Å². The van der Waals surface area contributed by atoms with E-state index < -0.39 is 59.3 Å². The summed E-state index contributed by atoms with van der Waals surface area (Å²) in [6.07, 6.45) is -8.07. The van der Waals surface area contributed by atoms with Crippen molar-refractivity contribution in [2.75, 3.05) is 45.0 Å². The number of benzene rings is 2. The zero-order valence-electron chi connectivity index (χ0n) is 28.7. The summed E-state index contributed by atoms with van der Waals surface area (Å²) in [4.78, 5) is 53.2. The molecular weight excluding hydrogens is 708 g/mol. The summed E-state index contributed by atoms with van der Waals surface area (Å²) < 4.78 is 90.5. The van der Waals surface area contributed by atoms with E-state index in [4.69, 9.17) is 10.5 Å². The van der Waals surface area contributed by atoms with E-state index in [2.05, 4.69) is 14.9 Å². The number of pyridine rings is 1. The average molecular weight is 748 g/mol. The normalized spacial score (nSPS) is 19.0. The van der Waals surface area contributed by atoms with Crippen LogP contribution in [-0.2, 0) is 28.3 Å². The Hall–Kier alpha value is -4.80. The minimum Gasteiger partial charge on any atom is -0.436 e. The molecule has 7 rings (SSSR count). The third-order valence-electron chi connectivity index (χ3n) is 10.8. The van der Waals surface area contributed by atoms with E-state index in [0.29, 0.717) is 67.5 Å². The number of anilines is 1. The topological polar surface area (TPSA) is 130 Å². The maximum Gasteiger partial charge on any atom is 0.418 e. The number of carbonyl (C=O) groups excluding carboxylic acids is 2. The van der Waals surface area contributed by atoms with Crippen molar-refractivity contribution >= 4 is 39.6 Å². The molecule has 2 aromatic heterocycles. The van der Waals surface area contributed by atoms with Crippen molar-refractivity contribution in [3.8, 4) is 0 Å². The van der Waals surface area contributed by atoms with Crippen LogP contribution in [-0.4, -0.2) is 92.6 Å². The summed E-state index contributed by atoms with van der Waals surface area (Å²) in [5.74, 6) is -0.697. The lowest BCUT2D eigenvalue weighted by molar-refractivity contribution is -0.142. The first-order chi connectivity index (χ1) is 25.2. The van der Waals surface area contributed by atoms with Gasteiger partial charge >= 0.3 is 24.1 Å². The van der Waals surface area contributed by atoms with Gasteiger partial charge in [0, 0.05) is 50.1 Å². The second kappa shape index (κ2) is 14.2. The molecule has 0 bridgehead atoms. The first kappa shape index (κ1) is 36.6. The third-order valence-corrected chi connectivity index (χ3v) is 10.8. The molecule has 3 N–H and O–H groups in total. The van der Waals surface area contributed by atoms with E-state index >= 15 is 0 Å². The molecule has 2 aromatic carbocycles. The molecule has 1 unspecified atom stereocenters. The molecular formula is C36H39F6N7O4. The Kier molecular flexibility index (Phi) is 9.80. The summed E-state index contributed by atoms with van der Waals surface area (Å²) in [6.45, 7) is 2.74. The molecule has 53 heavy (non-hydrogen) atoms. The molecule has 3 fully saturated rings. The largest absolute Gasteiger partial charge is 0.436 e. The number of aromatic nitrogens is 3. The van der Waals surface area contributed by atoms with Gasteiger partial charge in [0.1, 0.15) is 0 Å². The summed E-state index contributed by atoms with van der Waals surface area (Å²) in [6, 6.07) is 8.26.